The molecule has 0 radical (unpaired) electrons. The van der Waals surface area contributed by atoms with E-state index in [-0.39, 0.29) is 18.8 Å². The molecule has 0 saturated carbocycles. The maximum atomic E-state index is 12.0. The van der Waals surface area contributed by atoms with Crippen molar-refractivity contribution in [1.29, 1.82) is 0 Å². The molecule has 0 saturated heterocycles. The number of carbonyl (C=O) groups excluding carboxylic acids is 1. The van der Waals surface area contributed by atoms with Gasteiger partial charge < -0.3 is 10.5 Å². The molecule has 9 nitrogen and oxygen atoms in total. The van der Waals surface area contributed by atoms with Gasteiger partial charge in [-0.25, -0.2) is 4.68 Å². The Morgan fingerprint density at radius 2 is 2.08 bits per heavy atom. The van der Waals surface area contributed by atoms with E-state index in [2.05, 4.69) is 10.3 Å². The summed E-state index contributed by atoms with van der Waals surface area (Å²) < 4.78 is 6.64. The molecule has 2 aromatic carbocycles. The van der Waals surface area contributed by atoms with Gasteiger partial charge >= 0.3 is 5.97 Å². The largest absolute Gasteiger partial charge is 0.442 e. The van der Waals surface area contributed by atoms with Crippen molar-refractivity contribution < 1.29 is 14.5 Å². The van der Waals surface area contributed by atoms with Gasteiger partial charge in [0.05, 0.1) is 16.9 Å². The highest BCUT2D eigenvalue weighted by Crippen LogP contribution is 2.20. The third kappa shape index (κ3) is 3.78. The summed E-state index contributed by atoms with van der Waals surface area (Å²) >= 11 is 0. The van der Waals surface area contributed by atoms with Gasteiger partial charge in [0.1, 0.15) is 5.52 Å². The van der Waals surface area contributed by atoms with Crippen LogP contribution in [0.5, 0.6) is 0 Å². The second-order valence-corrected chi connectivity index (χ2v) is 5.39. The summed E-state index contributed by atoms with van der Waals surface area (Å²) in [4.78, 5) is 22.3. The van der Waals surface area contributed by atoms with Crippen LogP contribution in [-0.2, 0) is 16.3 Å². The molecule has 0 aliphatic rings. The van der Waals surface area contributed by atoms with Gasteiger partial charge in [0.15, 0.2) is 6.73 Å². The maximum Gasteiger partial charge on any atom is 0.309 e. The number of non-ortho nitro benzene ring substituents is 1. The Morgan fingerprint density at radius 1 is 1.28 bits per heavy atom. The lowest BCUT2D eigenvalue weighted by molar-refractivity contribution is -0.384. The number of carbonyl (C=O) groups is 1. The summed E-state index contributed by atoms with van der Waals surface area (Å²) in [7, 11) is 0. The molecule has 0 spiro atoms. The molecular formula is C16H15N5O4. The number of esters is 1. The molecule has 9 heteroatoms. The molecule has 128 valence electrons. The van der Waals surface area contributed by atoms with Crippen molar-refractivity contribution in [3.63, 3.8) is 0 Å². The monoisotopic (exact) mass is 341 g/mol. The average molecular weight is 341 g/mol. The number of fused-ring (bicyclic) bond motifs is 1. The second kappa shape index (κ2) is 7.05. The van der Waals surface area contributed by atoms with Crippen molar-refractivity contribution in [2.24, 2.45) is 5.73 Å². The highest BCUT2D eigenvalue weighted by Gasteiger charge is 2.16. The maximum absolute atomic E-state index is 12.0. The normalized spacial score (nSPS) is 12.0. The first kappa shape index (κ1) is 16.5. The van der Waals surface area contributed by atoms with E-state index in [1.54, 1.807) is 12.1 Å². The van der Waals surface area contributed by atoms with Crippen molar-refractivity contribution in [2.75, 3.05) is 0 Å². The molecule has 0 amide bonds. The number of benzene rings is 2. The average Bonchev–Trinajstić information content (AvgIpc) is 3.03. The molecule has 1 atom stereocenters. The van der Waals surface area contributed by atoms with Crippen LogP contribution in [0, 0.1) is 10.1 Å². The summed E-state index contributed by atoms with van der Waals surface area (Å²) in [5.41, 5.74) is 7.82. The van der Waals surface area contributed by atoms with E-state index in [0.717, 1.165) is 5.52 Å². The van der Waals surface area contributed by atoms with Gasteiger partial charge in [-0.2, -0.15) is 0 Å². The van der Waals surface area contributed by atoms with E-state index in [1.807, 2.05) is 18.2 Å². The molecule has 0 fully saturated rings. The van der Waals surface area contributed by atoms with E-state index in [1.165, 1.54) is 22.9 Å². The van der Waals surface area contributed by atoms with Crippen LogP contribution in [0.3, 0.4) is 0 Å². The zero-order valence-corrected chi connectivity index (χ0v) is 13.1. The van der Waals surface area contributed by atoms with Crippen molar-refractivity contribution >= 4 is 22.7 Å². The first-order chi connectivity index (χ1) is 12.0. The fourth-order valence-corrected chi connectivity index (χ4v) is 2.37. The smallest absolute Gasteiger partial charge is 0.309 e. The molecule has 2 N–H and O–H groups in total. The Morgan fingerprint density at radius 3 is 2.88 bits per heavy atom. The number of hydrogen-bond donors (Lipinski definition) is 1. The number of ether oxygens (including phenoxy) is 1. The zero-order chi connectivity index (χ0) is 17.8. The first-order valence-electron chi connectivity index (χ1n) is 7.48. The van der Waals surface area contributed by atoms with Gasteiger partial charge in [0.2, 0.25) is 0 Å². The second-order valence-electron chi connectivity index (χ2n) is 5.39. The summed E-state index contributed by atoms with van der Waals surface area (Å²) in [6.07, 6.45) is -0.103. The minimum absolute atomic E-state index is 0.0737. The Hall–Kier alpha value is -3.33. The molecule has 1 unspecified atom stereocenters. The lowest BCUT2D eigenvalue weighted by atomic mass is 10.0. The quantitative estimate of drug-likeness (QED) is 0.412. The summed E-state index contributed by atoms with van der Waals surface area (Å²) in [5.74, 6) is -0.529. The van der Waals surface area contributed by atoms with Crippen LogP contribution in [0.25, 0.3) is 11.0 Å². The number of para-hydroxylation sites is 1. The number of aromatic nitrogens is 3. The van der Waals surface area contributed by atoms with Crippen molar-refractivity contribution in [3.8, 4) is 0 Å². The molecular weight excluding hydrogens is 326 g/mol. The SMILES string of the molecule is NC(CC(=O)OCn1nnc2ccccc21)c1cccc([N+](=O)[O-])c1. The summed E-state index contributed by atoms with van der Waals surface area (Å²) in [6.45, 7) is -0.0823. The number of nitrogens with zero attached hydrogens (tertiary/aromatic N) is 4. The van der Waals surface area contributed by atoms with Gasteiger partial charge in [-0.15, -0.1) is 5.10 Å². The zero-order valence-electron chi connectivity index (χ0n) is 13.1. The lowest BCUT2D eigenvalue weighted by Crippen LogP contribution is -2.18. The topological polar surface area (TPSA) is 126 Å². The van der Waals surface area contributed by atoms with Gasteiger partial charge in [-0.1, -0.05) is 29.5 Å². The Kier molecular flexibility index (Phi) is 4.66. The minimum atomic E-state index is -0.695. The third-order valence-corrected chi connectivity index (χ3v) is 3.66. The van der Waals surface area contributed by atoms with Gasteiger partial charge in [0.25, 0.3) is 5.69 Å². The Balaban J connectivity index is 1.60. The van der Waals surface area contributed by atoms with E-state index in [9.17, 15) is 14.9 Å². The molecule has 0 aliphatic heterocycles. The third-order valence-electron chi connectivity index (χ3n) is 3.66. The number of nitrogens with two attached hydrogens (primary N) is 1. The van der Waals surface area contributed by atoms with Crippen LogP contribution in [0.1, 0.15) is 18.0 Å². The van der Waals surface area contributed by atoms with E-state index >= 15 is 0 Å². The summed E-state index contributed by atoms with van der Waals surface area (Å²) in [5, 5.41) is 18.7. The Labute approximate surface area is 142 Å². The molecule has 0 aliphatic carbocycles. The van der Waals surface area contributed by atoms with Crippen molar-refractivity contribution in [3.05, 3.63) is 64.2 Å². The number of nitro benzene ring substituents is 1. The first-order valence-corrected chi connectivity index (χ1v) is 7.48. The van der Waals surface area contributed by atoms with Gasteiger partial charge in [0, 0.05) is 18.2 Å². The molecule has 1 aromatic heterocycles. The number of nitro groups is 1. The van der Waals surface area contributed by atoms with Crippen LogP contribution in [-0.4, -0.2) is 25.9 Å². The highest BCUT2D eigenvalue weighted by molar-refractivity contribution is 5.74. The van der Waals surface area contributed by atoms with E-state index < -0.39 is 16.9 Å². The highest BCUT2D eigenvalue weighted by atomic mass is 16.6. The van der Waals surface area contributed by atoms with E-state index in [4.69, 9.17) is 10.5 Å². The Bertz CT molecular complexity index is 924. The molecule has 0 bridgehead atoms. The molecule has 1 heterocycles. The van der Waals surface area contributed by atoms with Gasteiger partial charge in [-0.05, 0) is 17.7 Å². The van der Waals surface area contributed by atoms with Crippen LogP contribution >= 0.6 is 0 Å². The summed E-state index contributed by atoms with van der Waals surface area (Å²) in [6, 6.07) is 12.5. The molecule has 3 aromatic rings. The van der Waals surface area contributed by atoms with Crippen molar-refractivity contribution in [1.82, 2.24) is 15.0 Å². The van der Waals surface area contributed by atoms with Crippen LogP contribution in [0.4, 0.5) is 5.69 Å². The minimum Gasteiger partial charge on any atom is -0.442 e. The standard InChI is InChI=1S/C16H15N5O4/c17-13(11-4-3-5-12(8-11)21(23)24)9-16(22)25-10-20-15-7-2-1-6-14(15)18-19-20/h1-8,13H,9-10,17H2. The lowest BCUT2D eigenvalue weighted by Gasteiger charge is -2.11. The van der Waals surface area contributed by atoms with Crippen molar-refractivity contribution in [2.45, 2.75) is 19.2 Å². The van der Waals surface area contributed by atoms with E-state index in [0.29, 0.717) is 11.1 Å². The predicted octanol–water partition coefficient (Wildman–Crippen LogP) is 1.93. The van der Waals surface area contributed by atoms with Gasteiger partial charge in [-0.3, -0.25) is 14.9 Å². The fourth-order valence-electron chi connectivity index (χ4n) is 2.37. The van der Waals surface area contributed by atoms with Crippen LogP contribution in [0.2, 0.25) is 0 Å². The molecule has 3 rings (SSSR count). The number of hydrogen-bond acceptors (Lipinski definition) is 7. The fraction of sp³-hybridized carbons (Fsp3) is 0.188. The van der Waals surface area contributed by atoms with Crippen LogP contribution in [0.15, 0.2) is 48.5 Å². The van der Waals surface area contributed by atoms with Crippen LogP contribution < -0.4 is 5.73 Å². The molecule has 25 heavy (non-hydrogen) atoms. The number of rotatable bonds is 6. The predicted molar refractivity (Wildman–Crippen MR) is 88.3 cm³/mol.